The maximum absolute atomic E-state index is 5.69. The number of nitrogens with zero attached hydrogens (tertiary/aromatic N) is 2. The van der Waals surface area contributed by atoms with Crippen LogP contribution in [0.1, 0.15) is 13.8 Å². The molecule has 0 aliphatic heterocycles. The van der Waals surface area contributed by atoms with Crippen molar-refractivity contribution in [1.29, 1.82) is 0 Å². The highest BCUT2D eigenvalue weighted by atomic mass is 32.1. The summed E-state index contributed by atoms with van der Waals surface area (Å²) in [5.74, 6) is 1.74. The van der Waals surface area contributed by atoms with E-state index in [1.54, 1.807) is 6.07 Å². The molecule has 0 spiro atoms. The van der Waals surface area contributed by atoms with Crippen molar-refractivity contribution in [3.63, 3.8) is 0 Å². The number of ether oxygens (including phenoxy) is 2. The zero-order valence-corrected chi connectivity index (χ0v) is 13.5. The number of aromatic nitrogens is 2. The molecule has 6 nitrogen and oxygen atoms in total. The van der Waals surface area contributed by atoms with Crippen molar-refractivity contribution >= 4 is 23.3 Å². The van der Waals surface area contributed by atoms with Crippen LogP contribution >= 0.6 is 12.2 Å². The first-order chi connectivity index (χ1) is 10.6. The maximum atomic E-state index is 5.69. The summed E-state index contributed by atoms with van der Waals surface area (Å²) < 4.78 is 10.9. The number of thiocarbonyl (C=S) groups is 1. The molecule has 0 aliphatic rings. The molecular formula is C15H18N4O2S. The van der Waals surface area contributed by atoms with E-state index < -0.39 is 0 Å². The van der Waals surface area contributed by atoms with Gasteiger partial charge in [-0.3, -0.25) is 0 Å². The van der Waals surface area contributed by atoms with Crippen molar-refractivity contribution in [2.75, 3.05) is 12.4 Å². The molecule has 0 unspecified atom stereocenters. The summed E-state index contributed by atoms with van der Waals surface area (Å²) in [6.07, 6.45) is 0. The second kappa shape index (κ2) is 7.56. The van der Waals surface area contributed by atoms with Gasteiger partial charge in [0.25, 0.3) is 0 Å². The van der Waals surface area contributed by atoms with E-state index in [1.165, 1.54) is 7.11 Å². The summed E-state index contributed by atoms with van der Waals surface area (Å²) in [5, 5.41) is 6.41. The van der Waals surface area contributed by atoms with Gasteiger partial charge >= 0.3 is 0 Å². The van der Waals surface area contributed by atoms with Crippen molar-refractivity contribution < 1.29 is 9.47 Å². The summed E-state index contributed by atoms with van der Waals surface area (Å²) in [5.41, 5.74) is 0. The summed E-state index contributed by atoms with van der Waals surface area (Å²) in [4.78, 5) is 8.46. The SMILES string of the molecule is COc1cc(Oc2ccccc2)nc(NC(=S)NC(C)C)n1. The standard InChI is InChI=1S/C15H18N4O2S/c1-10(2)16-15(22)19-14-17-12(20-3)9-13(18-14)21-11-7-5-4-6-8-11/h4-10H,1-3H3,(H2,16,17,18,19,22). The monoisotopic (exact) mass is 318 g/mol. The predicted octanol–water partition coefficient (Wildman–Crippen LogP) is 2.97. The highest BCUT2D eigenvalue weighted by molar-refractivity contribution is 7.80. The first kappa shape index (κ1) is 16.0. The number of hydrogen-bond acceptors (Lipinski definition) is 5. The first-order valence-corrected chi connectivity index (χ1v) is 7.21. The van der Waals surface area contributed by atoms with Gasteiger partial charge in [-0.15, -0.1) is 0 Å². The van der Waals surface area contributed by atoms with Crippen molar-refractivity contribution in [3.8, 4) is 17.5 Å². The lowest BCUT2D eigenvalue weighted by Gasteiger charge is -2.13. The third kappa shape index (κ3) is 4.85. The third-order valence-electron chi connectivity index (χ3n) is 2.50. The Hall–Kier alpha value is -2.41. The van der Waals surface area contributed by atoms with Gasteiger partial charge in [0.15, 0.2) is 5.11 Å². The van der Waals surface area contributed by atoms with Gasteiger partial charge in [0.05, 0.1) is 13.2 Å². The fraction of sp³-hybridized carbons (Fsp3) is 0.267. The molecule has 7 heteroatoms. The van der Waals surface area contributed by atoms with E-state index in [4.69, 9.17) is 21.7 Å². The molecule has 0 saturated heterocycles. The topological polar surface area (TPSA) is 68.3 Å². The summed E-state index contributed by atoms with van der Waals surface area (Å²) in [6.45, 7) is 3.98. The van der Waals surface area contributed by atoms with Crippen molar-refractivity contribution in [1.82, 2.24) is 15.3 Å². The van der Waals surface area contributed by atoms with E-state index in [9.17, 15) is 0 Å². The van der Waals surface area contributed by atoms with Crippen molar-refractivity contribution in [2.45, 2.75) is 19.9 Å². The van der Waals surface area contributed by atoms with E-state index in [0.29, 0.717) is 28.6 Å². The molecule has 2 aromatic rings. The molecule has 0 atom stereocenters. The van der Waals surface area contributed by atoms with Crippen molar-refractivity contribution in [2.24, 2.45) is 0 Å². The Balaban J connectivity index is 2.17. The summed E-state index contributed by atoms with van der Waals surface area (Å²) >= 11 is 5.18. The van der Waals surface area contributed by atoms with E-state index in [0.717, 1.165) is 0 Å². The molecule has 1 aromatic carbocycles. The van der Waals surface area contributed by atoms with E-state index in [1.807, 2.05) is 44.2 Å². The molecule has 2 rings (SSSR count). The number of para-hydroxylation sites is 1. The van der Waals surface area contributed by atoms with Gasteiger partial charge in [0.1, 0.15) is 5.75 Å². The Morgan fingerprint density at radius 2 is 1.82 bits per heavy atom. The molecule has 0 aliphatic carbocycles. The molecule has 22 heavy (non-hydrogen) atoms. The zero-order chi connectivity index (χ0) is 15.9. The van der Waals surface area contributed by atoms with Gasteiger partial charge in [-0.2, -0.15) is 9.97 Å². The molecule has 0 amide bonds. The average Bonchev–Trinajstić information content (AvgIpc) is 2.47. The largest absolute Gasteiger partial charge is 0.481 e. The fourth-order valence-electron chi connectivity index (χ4n) is 1.63. The van der Waals surface area contributed by atoms with Crippen molar-refractivity contribution in [3.05, 3.63) is 36.4 Å². The van der Waals surface area contributed by atoms with Gasteiger partial charge in [-0.1, -0.05) is 18.2 Å². The average molecular weight is 318 g/mol. The van der Waals surface area contributed by atoms with Crippen LogP contribution < -0.4 is 20.1 Å². The number of methoxy groups -OCH3 is 1. The van der Waals surface area contributed by atoms with Crippen LogP contribution in [-0.4, -0.2) is 28.2 Å². The zero-order valence-electron chi connectivity index (χ0n) is 12.7. The van der Waals surface area contributed by atoms with Crippen LogP contribution in [0.4, 0.5) is 5.95 Å². The molecule has 1 heterocycles. The normalized spacial score (nSPS) is 10.2. The smallest absolute Gasteiger partial charge is 0.235 e. The second-order valence-corrected chi connectivity index (χ2v) is 5.15. The van der Waals surface area contributed by atoms with Crippen LogP contribution in [0.3, 0.4) is 0 Å². The van der Waals surface area contributed by atoms with Gasteiger partial charge in [0.2, 0.25) is 17.7 Å². The molecule has 0 fully saturated rings. The quantitative estimate of drug-likeness (QED) is 0.821. The van der Waals surface area contributed by atoms with Crippen LogP contribution in [0.25, 0.3) is 0 Å². The van der Waals surface area contributed by atoms with Crippen LogP contribution in [0.2, 0.25) is 0 Å². The first-order valence-electron chi connectivity index (χ1n) is 6.80. The van der Waals surface area contributed by atoms with Gasteiger partial charge in [0, 0.05) is 6.04 Å². The van der Waals surface area contributed by atoms with Crippen LogP contribution in [-0.2, 0) is 0 Å². The predicted molar refractivity (Wildman–Crippen MR) is 89.6 cm³/mol. The summed E-state index contributed by atoms with van der Waals surface area (Å²) in [7, 11) is 1.53. The van der Waals surface area contributed by atoms with E-state index in [-0.39, 0.29) is 6.04 Å². The molecule has 0 radical (unpaired) electrons. The van der Waals surface area contributed by atoms with E-state index in [2.05, 4.69) is 20.6 Å². The third-order valence-corrected chi connectivity index (χ3v) is 2.72. The number of rotatable bonds is 5. The second-order valence-electron chi connectivity index (χ2n) is 4.74. The van der Waals surface area contributed by atoms with Gasteiger partial charge in [-0.05, 0) is 38.2 Å². The molecular weight excluding hydrogens is 300 g/mol. The molecule has 0 bridgehead atoms. The maximum Gasteiger partial charge on any atom is 0.235 e. The van der Waals surface area contributed by atoms with Gasteiger partial charge < -0.3 is 20.1 Å². The lowest BCUT2D eigenvalue weighted by molar-refractivity contribution is 0.389. The Morgan fingerprint density at radius 3 is 2.45 bits per heavy atom. The number of benzene rings is 1. The molecule has 1 aromatic heterocycles. The van der Waals surface area contributed by atoms with Gasteiger partial charge in [-0.25, -0.2) is 0 Å². The lowest BCUT2D eigenvalue weighted by atomic mass is 10.3. The molecule has 116 valence electrons. The van der Waals surface area contributed by atoms with E-state index >= 15 is 0 Å². The number of hydrogen-bond donors (Lipinski definition) is 2. The fourth-order valence-corrected chi connectivity index (χ4v) is 1.95. The number of nitrogens with one attached hydrogen (secondary N) is 2. The lowest BCUT2D eigenvalue weighted by Crippen LogP contribution is -2.34. The summed E-state index contributed by atoms with van der Waals surface area (Å²) in [6, 6.07) is 11.2. The highest BCUT2D eigenvalue weighted by Gasteiger charge is 2.09. The Labute approximate surface area is 134 Å². The Morgan fingerprint density at radius 1 is 1.14 bits per heavy atom. The van der Waals surface area contributed by atoms with Crippen LogP contribution in [0, 0.1) is 0 Å². The Bertz CT molecular complexity index is 635. The number of anilines is 1. The Kier molecular flexibility index (Phi) is 5.48. The minimum absolute atomic E-state index is 0.214. The minimum Gasteiger partial charge on any atom is -0.481 e. The van der Waals surface area contributed by atoms with Crippen LogP contribution in [0.5, 0.6) is 17.5 Å². The van der Waals surface area contributed by atoms with Crippen LogP contribution in [0.15, 0.2) is 36.4 Å². The minimum atomic E-state index is 0.214. The molecule has 2 N–H and O–H groups in total. The molecule has 0 saturated carbocycles. The highest BCUT2D eigenvalue weighted by Crippen LogP contribution is 2.23.